The molecule has 20 heavy (non-hydrogen) atoms. The smallest absolute Gasteiger partial charge is 0.360 e. The fourth-order valence-electron chi connectivity index (χ4n) is 2.27. The Hall–Kier alpha value is -1.82. The van der Waals surface area contributed by atoms with Gasteiger partial charge in [0.15, 0.2) is 5.69 Å². The van der Waals surface area contributed by atoms with Gasteiger partial charge in [-0.1, -0.05) is 6.07 Å². The number of nitrogens with two attached hydrogens (primary N) is 1. The lowest BCUT2D eigenvalue weighted by Gasteiger charge is -2.14. The minimum Gasteiger partial charge on any atom is -0.464 e. The van der Waals surface area contributed by atoms with E-state index in [-0.39, 0.29) is 11.5 Å². The Labute approximate surface area is 125 Å². The van der Waals surface area contributed by atoms with Crippen molar-refractivity contribution in [1.82, 2.24) is 9.55 Å². The summed E-state index contributed by atoms with van der Waals surface area (Å²) in [7, 11) is 1.31. The van der Waals surface area contributed by atoms with Crippen molar-refractivity contribution < 1.29 is 9.53 Å². The number of hydrogen-bond acceptors (Lipinski definition) is 4. The molecule has 106 valence electrons. The number of halogens is 1. The summed E-state index contributed by atoms with van der Waals surface area (Å²) in [6, 6.07) is 4.05. The molecule has 0 saturated heterocycles. The number of nitrogen functional groups attached to an aromatic ring is 1. The molecule has 0 aliphatic rings. The summed E-state index contributed by atoms with van der Waals surface area (Å²) in [6.07, 6.45) is 0. The van der Waals surface area contributed by atoms with E-state index in [4.69, 9.17) is 10.5 Å². The second-order valence-corrected chi connectivity index (χ2v) is 5.49. The highest BCUT2D eigenvalue weighted by atomic mass is 79.9. The average molecular weight is 338 g/mol. The molecule has 1 aromatic heterocycles. The van der Waals surface area contributed by atoms with Gasteiger partial charge in [-0.25, -0.2) is 9.78 Å². The van der Waals surface area contributed by atoms with Crippen LogP contribution in [0, 0.1) is 20.8 Å². The molecule has 0 unspecified atom stereocenters. The molecule has 0 saturated carbocycles. The van der Waals surface area contributed by atoms with Gasteiger partial charge < -0.3 is 10.5 Å². The minimum absolute atomic E-state index is 0.136. The van der Waals surface area contributed by atoms with Gasteiger partial charge in [-0.05, 0) is 53.9 Å². The molecule has 0 bridgehead atoms. The van der Waals surface area contributed by atoms with Gasteiger partial charge in [0, 0.05) is 4.47 Å². The Bertz CT molecular complexity index is 669. The van der Waals surface area contributed by atoms with Crippen LogP contribution in [-0.4, -0.2) is 22.6 Å². The number of ether oxygens (including phenoxy) is 1. The highest BCUT2D eigenvalue weighted by Crippen LogP contribution is 2.31. The molecule has 0 spiro atoms. The molecular weight excluding hydrogens is 322 g/mol. The van der Waals surface area contributed by atoms with Crippen LogP contribution in [0.5, 0.6) is 0 Å². The average Bonchev–Trinajstić information content (AvgIpc) is 2.65. The Morgan fingerprint density at radius 2 is 2.00 bits per heavy atom. The van der Waals surface area contributed by atoms with Crippen molar-refractivity contribution >= 4 is 27.7 Å². The number of aromatic nitrogens is 2. The van der Waals surface area contributed by atoms with Gasteiger partial charge in [-0.2, -0.15) is 0 Å². The first-order valence-corrected chi connectivity index (χ1v) is 6.86. The van der Waals surface area contributed by atoms with E-state index in [1.165, 1.54) is 7.11 Å². The van der Waals surface area contributed by atoms with Crippen molar-refractivity contribution in [3.8, 4) is 5.69 Å². The quantitative estimate of drug-likeness (QED) is 0.855. The summed E-state index contributed by atoms with van der Waals surface area (Å²) in [6.45, 7) is 5.81. The number of nitrogens with zero attached hydrogens (tertiary/aromatic N) is 2. The molecule has 1 aromatic carbocycles. The number of methoxy groups -OCH3 is 1. The van der Waals surface area contributed by atoms with E-state index < -0.39 is 5.97 Å². The summed E-state index contributed by atoms with van der Waals surface area (Å²) in [5.41, 5.74) is 9.27. The molecule has 0 aliphatic heterocycles. The molecule has 2 aromatic rings. The van der Waals surface area contributed by atoms with Crippen molar-refractivity contribution in [2.75, 3.05) is 12.8 Å². The van der Waals surface area contributed by atoms with Crippen molar-refractivity contribution in [1.29, 1.82) is 0 Å². The zero-order chi connectivity index (χ0) is 15.0. The third-order valence-electron chi connectivity index (χ3n) is 3.08. The lowest BCUT2D eigenvalue weighted by Crippen LogP contribution is -2.09. The molecule has 2 N–H and O–H groups in total. The molecule has 1 heterocycles. The number of carbonyl (C=O) groups is 1. The van der Waals surface area contributed by atoms with Crippen LogP contribution in [0.3, 0.4) is 0 Å². The van der Waals surface area contributed by atoms with Gasteiger partial charge in [0.25, 0.3) is 0 Å². The van der Waals surface area contributed by atoms with Crippen LogP contribution in [0.1, 0.15) is 27.4 Å². The van der Waals surface area contributed by atoms with Gasteiger partial charge in [0.2, 0.25) is 0 Å². The molecular formula is C14H16BrN3O2. The molecule has 0 atom stereocenters. The fourth-order valence-corrected chi connectivity index (χ4v) is 3.12. The molecule has 0 aliphatic carbocycles. The van der Waals surface area contributed by atoms with Crippen molar-refractivity contribution in [2.45, 2.75) is 20.8 Å². The van der Waals surface area contributed by atoms with Crippen LogP contribution in [-0.2, 0) is 4.74 Å². The fraction of sp³-hybridized carbons (Fsp3) is 0.286. The Morgan fingerprint density at radius 1 is 1.35 bits per heavy atom. The zero-order valence-electron chi connectivity index (χ0n) is 11.8. The van der Waals surface area contributed by atoms with Crippen molar-refractivity contribution in [2.24, 2.45) is 0 Å². The zero-order valence-corrected chi connectivity index (χ0v) is 13.4. The van der Waals surface area contributed by atoms with Crippen molar-refractivity contribution in [3.05, 3.63) is 39.3 Å². The molecule has 0 fully saturated rings. The van der Waals surface area contributed by atoms with Crippen LogP contribution in [0.2, 0.25) is 0 Å². The maximum absolute atomic E-state index is 11.7. The number of anilines is 1. The van der Waals surface area contributed by atoms with E-state index in [0.29, 0.717) is 5.82 Å². The number of esters is 1. The van der Waals surface area contributed by atoms with E-state index in [0.717, 1.165) is 21.3 Å². The van der Waals surface area contributed by atoms with Crippen molar-refractivity contribution in [3.63, 3.8) is 0 Å². The molecule has 0 amide bonds. The number of carbonyl (C=O) groups excluding carboxylic acids is 1. The Kier molecular flexibility index (Phi) is 3.85. The summed E-state index contributed by atoms with van der Waals surface area (Å²) in [5, 5.41) is 0. The molecule has 0 radical (unpaired) electrons. The lowest BCUT2D eigenvalue weighted by atomic mass is 10.1. The third-order valence-corrected chi connectivity index (χ3v) is 3.69. The standard InChI is InChI=1S/C14H16BrN3O2/c1-7-5-8(2)12(10(15)6-7)18-9(3)17-11(13(18)16)14(19)20-4/h5-6H,16H2,1-4H3. The van der Waals surface area contributed by atoms with E-state index >= 15 is 0 Å². The van der Waals surface area contributed by atoms with Crippen LogP contribution in [0.25, 0.3) is 5.69 Å². The predicted molar refractivity (Wildman–Crippen MR) is 81.2 cm³/mol. The number of imidazole rings is 1. The van der Waals surface area contributed by atoms with Crippen LogP contribution < -0.4 is 5.73 Å². The molecule has 2 rings (SSSR count). The predicted octanol–water partition coefficient (Wildman–Crippen LogP) is 2.93. The lowest BCUT2D eigenvalue weighted by molar-refractivity contribution is 0.0596. The first kappa shape index (κ1) is 14.6. The topological polar surface area (TPSA) is 70.1 Å². The number of benzene rings is 1. The number of hydrogen-bond donors (Lipinski definition) is 1. The van der Waals surface area contributed by atoms with Gasteiger partial charge in [0.1, 0.15) is 11.6 Å². The van der Waals surface area contributed by atoms with Gasteiger partial charge in [-0.3, -0.25) is 4.57 Å². The highest BCUT2D eigenvalue weighted by molar-refractivity contribution is 9.10. The maximum Gasteiger partial charge on any atom is 0.360 e. The summed E-state index contributed by atoms with van der Waals surface area (Å²) in [5.74, 6) is 0.378. The maximum atomic E-state index is 11.7. The monoisotopic (exact) mass is 337 g/mol. The van der Waals surface area contributed by atoms with Crippen LogP contribution in [0.4, 0.5) is 5.82 Å². The Morgan fingerprint density at radius 3 is 2.55 bits per heavy atom. The number of rotatable bonds is 2. The summed E-state index contributed by atoms with van der Waals surface area (Å²) >= 11 is 3.55. The summed E-state index contributed by atoms with van der Waals surface area (Å²) in [4.78, 5) is 15.9. The first-order chi connectivity index (χ1) is 9.36. The second-order valence-electron chi connectivity index (χ2n) is 4.63. The van der Waals surface area contributed by atoms with E-state index in [2.05, 4.69) is 27.0 Å². The third kappa shape index (κ3) is 2.31. The minimum atomic E-state index is -0.537. The largest absolute Gasteiger partial charge is 0.464 e. The van der Waals surface area contributed by atoms with Crippen LogP contribution >= 0.6 is 15.9 Å². The Balaban J connectivity index is 2.71. The molecule has 5 nitrogen and oxygen atoms in total. The molecule has 6 heteroatoms. The highest BCUT2D eigenvalue weighted by Gasteiger charge is 2.22. The normalized spacial score (nSPS) is 10.7. The van der Waals surface area contributed by atoms with E-state index in [1.54, 1.807) is 11.5 Å². The SMILES string of the molecule is COC(=O)c1nc(C)n(-c2c(C)cc(C)cc2Br)c1N. The van der Waals surface area contributed by atoms with Gasteiger partial charge in [-0.15, -0.1) is 0 Å². The van der Waals surface area contributed by atoms with Gasteiger partial charge >= 0.3 is 5.97 Å². The first-order valence-electron chi connectivity index (χ1n) is 6.07. The summed E-state index contributed by atoms with van der Waals surface area (Å²) < 4.78 is 7.35. The number of aryl methyl sites for hydroxylation is 3. The van der Waals surface area contributed by atoms with E-state index in [1.807, 2.05) is 19.9 Å². The van der Waals surface area contributed by atoms with E-state index in [9.17, 15) is 4.79 Å². The van der Waals surface area contributed by atoms with Gasteiger partial charge in [0.05, 0.1) is 12.8 Å². The second kappa shape index (κ2) is 5.28. The van der Waals surface area contributed by atoms with Crippen LogP contribution in [0.15, 0.2) is 16.6 Å².